The summed E-state index contributed by atoms with van der Waals surface area (Å²) in [6.45, 7) is 1.04. The molecule has 1 aromatic rings. The van der Waals surface area contributed by atoms with Gasteiger partial charge < -0.3 is 10.0 Å². The van der Waals surface area contributed by atoms with Crippen LogP contribution in [0.15, 0.2) is 23.1 Å². The van der Waals surface area contributed by atoms with Crippen LogP contribution < -0.4 is 4.72 Å². The Bertz CT molecular complexity index is 602. The molecule has 6 nitrogen and oxygen atoms in total. The fraction of sp³-hybridized carbons (Fsp3) is 0.462. The number of benzene rings is 1. The maximum atomic E-state index is 13.7. The van der Waals surface area contributed by atoms with Crippen molar-refractivity contribution in [1.29, 1.82) is 0 Å². The van der Waals surface area contributed by atoms with Gasteiger partial charge in [-0.3, -0.25) is 0 Å². The minimum absolute atomic E-state index is 0.205. The van der Waals surface area contributed by atoms with Crippen LogP contribution in [-0.4, -0.2) is 51.6 Å². The zero-order valence-corrected chi connectivity index (χ0v) is 12.8. The van der Waals surface area contributed by atoms with Crippen LogP contribution in [0.1, 0.15) is 23.2 Å². The molecule has 1 rings (SSSR count). The van der Waals surface area contributed by atoms with Crippen molar-refractivity contribution in [3.63, 3.8) is 0 Å². The van der Waals surface area contributed by atoms with Crippen LogP contribution in [0, 0.1) is 5.82 Å². The molecule has 8 heteroatoms. The van der Waals surface area contributed by atoms with Gasteiger partial charge in [0, 0.05) is 6.54 Å². The summed E-state index contributed by atoms with van der Waals surface area (Å²) in [7, 11) is -0.125. The lowest BCUT2D eigenvalue weighted by Crippen LogP contribution is -2.26. The van der Waals surface area contributed by atoms with E-state index in [1.165, 1.54) is 0 Å². The van der Waals surface area contributed by atoms with Crippen LogP contribution in [0.25, 0.3) is 0 Å². The lowest BCUT2D eigenvalue weighted by molar-refractivity contribution is 0.0696. The number of carboxylic acids is 1. The van der Waals surface area contributed by atoms with E-state index in [1.807, 2.05) is 19.0 Å². The minimum Gasteiger partial charge on any atom is -0.478 e. The Morgan fingerprint density at radius 3 is 2.52 bits per heavy atom. The van der Waals surface area contributed by atoms with Crippen LogP contribution in [-0.2, 0) is 10.0 Å². The van der Waals surface area contributed by atoms with Crippen molar-refractivity contribution in [2.24, 2.45) is 0 Å². The van der Waals surface area contributed by atoms with E-state index in [1.54, 1.807) is 0 Å². The standard InChI is InChI=1S/C13H19FN2O4S/c1-16(2)8-4-3-7-15-21(19,20)12-6-5-10(13(17)18)9-11(12)14/h5-6,9,15H,3-4,7-8H2,1-2H3,(H,17,18). The number of unbranched alkanes of at least 4 members (excludes halogenated alkanes) is 1. The number of aromatic carboxylic acids is 1. The first kappa shape index (κ1) is 17.5. The number of hydrogen-bond donors (Lipinski definition) is 2. The zero-order valence-electron chi connectivity index (χ0n) is 12.0. The average molecular weight is 318 g/mol. The summed E-state index contributed by atoms with van der Waals surface area (Å²) in [5.41, 5.74) is -0.294. The van der Waals surface area contributed by atoms with Gasteiger partial charge in [-0.15, -0.1) is 0 Å². The highest BCUT2D eigenvalue weighted by atomic mass is 32.2. The fourth-order valence-corrected chi connectivity index (χ4v) is 2.82. The van der Waals surface area contributed by atoms with Crippen LogP contribution in [0.2, 0.25) is 0 Å². The predicted molar refractivity (Wildman–Crippen MR) is 76.3 cm³/mol. The normalized spacial score (nSPS) is 11.8. The molecule has 0 amide bonds. The number of hydrogen-bond acceptors (Lipinski definition) is 4. The van der Waals surface area contributed by atoms with E-state index >= 15 is 0 Å². The van der Waals surface area contributed by atoms with Crippen LogP contribution in [0.5, 0.6) is 0 Å². The highest BCUT2D eigenvalue weighted by molar-refractivity contribution is 7.89. The maximum Gasteiger partial charge on any atom is 0.335 e. The van der Waals surface area contributed by atoms with Gasteiger partial charge in [0.2, 0.25) is 10.0 Å². The predicted octanol–water partition coefficient (Wildman–Crippen LogP) is 1.14. The Hall–Kier alpha value is -1.51. The molecule has 0 aliphatic rings. The lowest BCUT2D eigenvalue weighted by atomic mass is 10.2. The summed E-state index contributed by atoms with van der Waals surface area (Å²) >= 11 is 0. The maximum absolute atomic E-state index is 13.7. The SMILES string of the molecule is CN(C)CCCCNS(=O)(=O)c1ccc(C(=O)O)cc1F. The Labute approximate surface area is 123 Å². The van der Waals surface area contributed by atoms with E-state index in [4.69, 9.17) is 5.11 Å². The number of nitrogens with zero attached hydrogens (tertiary/aromatic N) is 1. The third-order valence-electron chi connectivity index (χ3n) is 2.79. The summed E-state index contributed by atoms with van der Waals surface area (Å²) in [5, 5.41) is 8.71. The van der Waals surface area contributed by atoms with Crippen molar-refractivity contribution < 1.29 is 22.7 Å². The second-order valence-electron chi connectivity index (χ2n) is 4.86. The average Bonchev–Trinajstić information content (AvgIpc) is 2.37. The van der Waals surface area contributed by atoms with E-state index in [0.29, 0.717) is 12.5 Å². The molecule has 0 aromatic heterocycles. The van der Waals surface area contributed by atoms with Crippen LogP contribution in [0.4, 0.5) is 4.39 Å². The first-order chi connectivity index (χ1) is 9.74. The van der Waals surface area contributed by atoms with Gasteiger partial charge >= 0.3 is 5.97 Å². The van der Waals surface area contributed by atoms with Crippen molar-refractivity contribution in [3.05, 3.63) is 29.6 Å². The lowest BCUT2D eigenvalue weighted by Gasteiger charge is -2.10. The summed E-state index contributed by atoms with van der Waals surface area (Å²) in [6, 6.07) is 2.72. The molecule has 1 aromatic carbocycles. The third kappa shape index (κ3) is 5.41. The molecule has 0 spiro atoms. The third-order valence-corrected chi connectivity index (χ3v) is 4.29. The summed E-state index contributed by atoms with van der Waals surface area (Å²) in [5.74, 6) is -2.38. The van der Waals surface area contributed by atoms with Gasteiger partial charge in [-0.1, -0.05) is 0 Å². The molecule has 0 fully saturated rings. The molecule has 21 heavy (non-hydrogen) atoms. The number of carboxylic acid groups (broad SMARTS) is 1. The van der Waals surface area contributed by atoms with Crippen molar-refractivity contribution in [1.82, 2.24) is 9.62 Å². The number of nitrogens with one attached hydrogen (secondary N) is 1. The topological polar surface area (TPSA) is 86.7 Å². The number of sulfonamides is 1. The molecule has 0 atom stereocenters. The van der Waals surface area contributed by atoms with Gasteiger partial charge in [-0.2, -0.15) is 0 Å². The molecule has 0 aliphatic heterocycles. The molecular formula is C13H19FN2O4S. The van der Waals surface area contributed by atoms with Crippen LogP contribution >= 0.6 is 0 Å². The molecular weight excluding hydrogens is 299 g/mol. The van der Waals surface area contributed by atoms with Gasteiger partial charge in [0.15, 0.2) is 0 Å². The Kier molecular flexibility index (Phi) is 6.25. The summed E-state index contributed by atoms with van der Waals surface area (Å²) in [6.07, 6.45) is 1.45. The Balaban J connectivity index is 2.68. The first-order valence-electron chi connectivity index (χ1n) is 6.41. The van der Waals surface area contributed by atoms with E-state index in [0.717, 1.165) is 25.1 Å². The molecule has 0 heterocycles. The van der Waals surface area contributed by atoms with Gasteiger partial charge in [-0.25, -0.2) is 22.3 Å². The van der Waals surface area contributed by atoms with E-state index < -0.39 is 26.7 Å². The van der Waals surface area contributed by atoms with Crippen molar-refractivity contribution in [3.8, 4) is 0 Å². The summed E-state index contributed by atoms with van der Waals surface area (Å²) < 4.78 is 39.8. The van der Waals surface area contributed by atoms with Crippen molar-refractivity contribution >= 4 is 16.0 Å². The molecule has 0 aliphatic carbocycles. The van der Waals surface area contributed by atoms with Crippen molar-refractivity contribution in [2.45, 2.75) is 17.7 Å². The molecule has 118 valence electrons. The molecule has 0 saturated heterocycles. The van der Waals surface area contributed by atoms with Crippen molar-refractivity contribution in [2.75, 3.05) is 27.2 Å². The monoisotopic (exact) mass is 318 g/mol. The number of halogens is 1. The number of carbonyl (C=O) groups is 1. The fourth-order valence-electron chi connectivity index (χ4n) is 1.69. The second kappa shape index (κ2) is 7.48. The second-order valence-corrected chi connectivity index (χ2v) is 6.59. The molecule has 0 saturated carbocycles. The highest BCUT2D eigenvalue weighted by Gasteiger charge is 2.19. The van der Waals surface area contributed by atoms with Crippen LogP contribution in [0.3, 0.4) is 0 Å². The first-order valence-corrected chi connectivity index (χ1v) is 7.89. The van der Waals surface area contributed by atoms with E-state index in [-0.39, 0.29) is 12.1 Å². The molecule has 2 N–H and O–H groups in total. The smallest absolute Gasteiger partial charge is 0.335 e. The zero-order chi connectivity index (χ0) is 16.0. The Morgan fingerprint density at radius 1 is 1.33 bits per heavy atom. The summed E-state index contributed by atoms with van der Waals surface area (Å²) in [4.78, 5) is 12.1. The molecule has 0 radical (unpaired) electrons. The quantitative estimate of drug-likeness (QED) is 0.702. The van der Waals surface area contributed by atoms with Gasteiger partial charge in [0.25, 0.3) is 0 Å². The van der Waals surface area contributed by atoms with Gasteiger partial charge in [0.05, 0.1) is 5.56 Å². The van der Waals surface area contributed by atoms with E-state index in [2.05, 4.69) is 4.72 Å². The minimum atomic E-state index is -3.97. The number of rotatable bonds is 8. The van der Waals surface area contributed by atoms with E-state index in [9.17, 15) is 17.6 Å². The molecule has 0 unspecified atom stereocenters. The highest BCUT2D eigenvalue weighted by Crippen LogP contribution is 2.16. The van der Waals surface area contributed by atoms with Gasteiger partial charge in [-0.05, 0) is 51.7 Å². The largest absolute Gasteiger partial charge is 0.478 e. The Morgan fingerprint density at radius 2 is 2.00 bits per heavy atom. The molecule has 0 bridgehead atoms. The van der Waals surface area contributed by atoms with Gasteiger partial charge in [0.1, 0.15) is 10.7 Å².